The van der Waals surface area contributed by atoms with Gasteiger partial charge < -0.3 is 10.5 Å². The van der Waals surface area contributed by atoms with Gasteiger partial charge in [-0.2, -0.15) is 0 Å². The monoisotopic (exact) mass is 227 g/mol. The molecule has 17 heavy (non-hydrogen) atoms. The van der Waals surface area contributed by atoms with Crippen LogP contribution in [0, 0.1) is 0 Å². The molecule has 0 radical (unpaired) electrons. The van der Waals surface area contributed by atoms with Crippen LogP contribution in [0.3, 0.4) is 0 Å². The Hall–Kier alpha value is -2.10. The smallest absolute Gasteiger partial charge is 0.142 e. The van der Waals surface area contributed by atoms with E-state index in [2.05, 4.69) is 9.97 Å². The maximum Gasteiger partial charge on any atom is 0.142 e. The molecule has 4 heteroatoms. The number of nitrogens with zero attached hydrogens (tertiary/aromatic N) is 2. The first-order valence-electron chi connectivity index (χ1n) is 5.66. The molecule has 1 aliphatic rings. The Morgan fingerprint density at radius 2 is 1.88 bits per heavy atom. The Morgan fingerprint density at radius 3 is 2.53 bits per heavy atom. The lowest BCUT2D eigenvalue weighted by Gasteiger charge is -2.05. The number of aromatic nitrogens is 2. The first kappa shape index (κ1) is 10.1. The number of hydrogen-bond acceptors (Lipinski definition) is 4. The molecule has 0 aliphatic heterocycles. The lowest BCUT2D eigenvalue weighted by atomic mass is 10.1. The fourth-order valence-electron chi connectivity index (χ4n) is 1.60. The van der Waals surface area contributed by atoms with Gasteiger partial charge in [-0.1, -0.05) is 0 Å². The van der Waals surface area contributed by atoms with Crippen LogP contribution in [0.15, 0.2) is 36.7 Å². The predicted octanol–water partition coefficient (Wildman–Crippen LogP) is 2.27. The van der Waals surface area contributed by atoms with E-state index in [4.69, 9.17) is 10.5 Å². The number of benzene rings is 1. The average Bonchev–Trinajstić information content (AvgIpc) is 3.14. The first-order chi connectivity index (χ1) is 8.31. The number of nitrogen functional groups attached to an aromatic ring is 1. The molecule has 0 amide bonds. The molecule has 0 bridgehead atoms. The summed E-state index contributed by atoms with van der Waals surface area (Å²) in [5.41, 5.74) is 7.38. The minimum Gasteiger partial charge on any atom is -0.490 e. The second-order valence-corrected chi connectivity index (χ2v) is 4.17. The van der Waals surface area contributed by atoms with Crippen molar-refractivity contribution in [1.29, 1.82) is 0 Å². The van der Waals surface area contributed by atoms with E-state index in [0.29, 0.717) is 11.9 Å². The summed E-state index contributed by atoms with van der Waals surface area (Å²) in [5, 5.41) is 0. The van der Waals surface area contributed by atoms with Crippen LogP contribution in [0.4, 0.5) is 5.82 Å². The Labute approximate surface area is 99.5 Å². The highest BCUT2D eigenvalue weighted by molar-refractivity contribution is 5.60. The molecule has 4 nitrogen and oxygen atoms in total. The molecule has 1 saturated carbocycles. The van der Waals surface area contributed by atoms with Crippen LogP contribution in [0.5, 0.6) is 5.75 Å². The van der Waals surface area contributed by atoms with Crippen LogP contribution in [0.2, 0.25) is 0 Å². The van der Waals surface area contributed by atoms with Gasteiger partial charge in [-0.05, 0) is 37.1 Å². The summed E-state index contributed by atoms with van der Waals surface area (Å²) in [6.45, 7) is 0. The molecule has 1 aliphatic carbocycles. The van der Waals surface area contributed by atoms with Gasteiger partial charge in [-0.25, -0.2) is 4.98 Å². The normalized spacial score (nSPS) is 14.6. The van der Waals surface area contributed by atoms with Gasteiger partial charge in [0.1, 0.15) is 11.6 Å². The standard InChI is InChI=1S/C13H13N3O/c14-13-8-15-7-12(16-13)9-1-3-10(4-2-9)17-11-5-6-11/h1-4,7-8,11H,5-6H2,(H2,14,16). The van der Waals surface area contributed by atoms with Crippen LogP contribution in [0.25, 0.3) is 11.3 Å². The van der Waals surface area contributed by atoms with Gasteiger partial charge in [0, 0.05) is 5.56 Å². The quantitative estimate of drug-likeness (QED) is 0.873. The Bertz CT molecular complexity index is 520. The second-order valence-electron chi connectivity index (χ2n) is 4.17. The summed E-state index contributed by atoms with van der Waals surface area (Å²) >= 11 is 0. The van der Waals surface area contributed by atoms with Crippen molar-refractivity contribution in [2.45, 2.75) is 18.9 Å². The molecule has 3 rings (SSSR count). The molecule has 0 unspecified atom stereocenters. The zero-order valence-corrected chi connectivity index (χ0v) is 9.34. The molecular formula is C13H13N3O. The van der Waals surface area contributed by atoms with Crippen molar-refractivity contribution in [3.8, 4) is 17.0 Å². The van der Waals surface area contributed by atoms with E-state index in [1.165, 1.54) is 19.0 Å². The molecule has 1 aromatic heterocycles. The maximum atomic E-state index is 5.68. The van der Waals surface area contributed by atoms with Crippen LogP contribution in [-0.2, 0) is 0 Å². The van der Waals surface area contributed by atoms with Gasteiger partial charge in [-0.3, -0.25) is 4.98 Å². The Morgan fingerprint density at radius 1 is 1.12 bits per heavy atom. The van der Waals surface area contributed by atoms with E-state index in [0.717, 1.165) is 17.0 Å². The van der Waals surface area contributed by atoms with Gasteiger partial charge in [-0.15, -0.1) is 0 Å². The van der Waals surface area contributed by atoms with Gasteiger partial charge in [0.05, 0.1) is 24.2 Å². The van der Waals surface area contributed by atoms with Crippen LogP contribution in [-0.4, -0.2) is 16.1 Å². The SMILES string of the molecule is Nc1cncc(-c2ccc(OC3CC3)cc2)n1. The molecule has 1 aromatic carbocycles. The van der Waals surface area contributed by atoms with E-state index in [1.54, 1.807) is 6.20 Å². The van der Waals surface area contributed by atoms with E-state index >= 15 is 0 Å². The average molecular weight is 227 g/mol. The lowest BCUT2D eigenvalue weighted by molar-refractivity contribution is 0.303. The first-order valence-corrected chi connectivity index (χ1v) is 5.66. The van der Waals surface area contributed by atoms with Crippen molar-refractivity contribution < 1.29 is 4.74 Å². The van der Waals surface area contributed by atoms with Crippen molar-refractivity contribution in [1.82, 2.24) is 9.97 Å². The highest BCUT2D eigenvalue weighted by atomic mass is 16.5. The number of nitrogens with two attached hydrogens (primary N) is 1. The number of hydrogen-bond donors (Lipinski definition) is 1. The molecule has 2 N–H and O–H groups in total. The fraction of sp³-hybridized carbons (Fsp3) is 0.231. The Balaban J connectivity index is 1.83. The van der Waals surface area contributed by atoms with Crippen molar-refractivity contribution in [2.75, 3.05) is 5.73 Å². The highest BCUT2D eigenvalue weighted by Crippen LogP contribution is 2.28. The fourth-order valence-corrected chi connectivity index (χ4v) is 1.60. The predicted molar refractivity (Wildman–Crippen MR) is 65.5 cm³/mol. The molecule has 0 saturated heterocycles. The van der Waals surface area contributed by atoms with Crippen molar-refractivity contribution in [3.05, 3.63) is 36.7 Å². The molecule has 86 valence electrons. The third-order valence-electron chi connectivity index (χ3n) is 2.63. The van der Waals surface area contributed by atoms with E-state index < -0.39 is 0 Å². The molecule has 1 heterocycles. The summed E-state index contributed by atoms with van der Waals surface area (Å²) in [4.78, 5) is 8.24. The van der Waals surface area contributed by atoms with E-state index in [1.807, 2.05) is 24.3 Å². The summed E-state index contributed by atoms with van der Waals surface area (Å²) in [5.74, 6) is 1.34. The summed E-state index contributed by atoms with van der Waals surface area (Å²) in [6, 6.07) is 7.86. The minimum atomic E-state index is 0.424. The third-order valence-corrected chi connectivity index (χ3v) is 2.63. The highest BCUT2D eigenvalue weighted by Gasteiger charge is 2.23. The molecule has 0 atom stereocenters. The van der Waals surface area contributed by atoms with Crippen molar-refractivity contribution in [2.24, 2.45) is 0 Å². The van der Waals surface area contributed by atoms with Crippen LogP contribution in [0.1, 0.15) is 12.8 Å². The number of rotatable bonds is 3. The third kappa shape index (κ3) is 2.36. The van der Waals surface area contributed by atoms with Crippen LogP contribution >= 0.6 is 0 Å². The Kier molecular flexibility index (Phi) is 2.40. The lowest BCUT2D eigenvalue weighted by Crippen LogP contribution is -1.96. The summed E-state index contributed by atoms with van der Waals surface area (Å²) in [6.07, 6.45) is 6.00. The molecule has 1 fully saturated rings. The van der Waals surface area contributed by atoms with E-state index in [-0.39, 0.29) is 0 Å². The van der Waals surface area contributed by atoms with E-state index in [9.17, 15) is 0 Å². The largest absolute Gasteiger partial charge is 0.490 e. The van der Waals surface area contributed by atoms with Crippen LogP contribution < -0.4 is 10.5 Å². The number of anilines is 1. The molecule has 2 aromatic rings. The van der Waals surface area contributed by atoms with Gasteiger partial charge in [0.15, 0.2) is 0 Å². The minimum absolute atomic E-state index is 0.424. The molecular weight excluding hydrogens is 214 g/mol. The van der Waals surface area contributed by atoms with Gasteiger partial charge >= 0.3 is 0 Å². The second kappa shape index (κ2) is 4.05. The zero-order chi connectivity index (χ0) is 11.7. The summed E-state index contributed by atoms with van der Waals surface area (Å²) in [7, 11) is 0. The molecule has 0 spiro atoms. The van der Waals surface area contributed by atoms with Crippen molar-refractivity contribution in [3.63, 3.8) is 0 Å². The van der Waals surface area contributed by atoms with Gasteiger partial charge in [0.2, 0.25) is 0 Å². The zero-order valence-electron chi connectivity index (χ0n) is 9.34. The topological polar surface area (TPSA) is 61.0 Å². The van der Waals surface area contributed by atoms with Crippen molar-refractivity contribution >= 4 is 5.82 Å². The number of ether oxygens (including phenoxy) is 1. The maximum absolute atomic E-state index is 5.68. The van der Waals surface area contributed by atoms with Gasteiger partial charge in [0.25, 0.3) is 0 Å². The summed E-state index contributed by atoms with van der Waals surface area (Å²) < 4.78 is 5.68.